The lowest BCUT2D eigenvalue weighted by molar-refractivity contribution is -0.129. The first-order valence-electron chi connectivity index (χ1n) is 9.48. The summed E-state index contributed by atoms with van der Waals surface area (Å²) in [6.07, 6.45) is 6.53. The van der Waals surface area contributed by atoms with Gasteiger partial charge in [0, 0.05) is 13.5 Å². The van der Waals surface area contributed by atoms with Crippen molar-refractivity contribution in [2.45, 2.75) is 45.6 Å². The standard InChI is InChI=1S/C23H27NO2/c1-3-4-13-23-20(14-15-24(23)18(2)25)16-19-9-8-12-22(17-19)26-21-10-6-5-7-11-21/h5-12,16-17,23H,3-4,13-15H2,1-2H3. The molecule has 1 heterocycles. The number of benzene rings is 2. The van der Waals surface area contributed by atoms with Gasteiger partial charge in [-0.2, -0.15) is 0 Å². The summed E-state index contributed by atoms with van der Waals surface area (Å²) in [7, 11) is 0. The van der Waals surface area contributed by atoms with Crippen LogP contribution in [0.15, 0.2) is 60.2 Å². The van der Waals surface area contributed by atoms with Gasteiger partial charge in [0.15, 0.2) is 0 Å². The van der Waals surface area contributed by atoms with Crippen LogP contribution in [0, 0.1) is 0 Å². The largest absolute Gasteiger partial charge is 0.457 e. The van der Waals surface area contributed by atoms with Crippen LogP contribution in [0.2, 0.25) is 0 Å². The third-order valence-electron chi connectivity index (χ3n) is 4.87. The molecule has 1 unspecified atom stereocenters. The zero-order valence-corrected chi connectivity index (χ0v) is 15.7. The molecule has 0 saturated carbocycles. The Morgan fingerprint density at radius 2 is 1.92 bits per heavy atom. The lowest BCUT2D eigenvalue weighted by Gasteiger charge is -2.24. The van der Waals surface area contributed by atoms with Gasteiger partial charge in [0.2, 0.25) is 5.91 Å². The molecule has 1 saturated heterocycles. The summed E-state index contributed by atoms with van der Waals surface area (Å²) < 4.78 is 5.94. The first-order chi connectivity index (χ1) is 12.7. The van der Waals surface area contributed by atoms with E-state index in [9.17, 15) is 4.79 Å². The van der Waals surface area contributed by atoms with Gasteiger partial charge in [-0.1, -0.05) is 56.2 Å². The highest BCUT2D eigenvalue weighted by atomic mass is 16.5. The van der Waals surface area contributed by atoms with E-state index in [0.717, 1.165) is 49.3 Å². The quantitative estimate of drug-likeness (QED) is 0.672. The minimum absolute atomic E-state index is 0.177. The third-order valence-corrected chi connectivity index (χ3v) is 4.87. The molecule has 3 heteroatoms. The molecule has 3 nitrogen and oxygen atoms in total. The number of nitrogens with zero attached hydrogens (tertiary/aromatic N) is 1. The lowest BCUT2D eigenvalue weighted by Crippen LogP contribution is -2.34. The molecule has 2 aromatic rings. The smallest absolute Gasteiger partial charge is 0.219 e. The number of hydrogen-bond acceptors (Lipinski definition) is 2. The maximum Gasteiger partial charge on any atom is 0.219 e. The van der Waals surface area contributed by atoms with Gasteiger partial charge in [0.1, 0.15) is 11.5 Å². The Bertz CT molecular complexity index is 767. The average molecular weight is 349 g/mol. The summed E-state index contributed by atoms with van der Waals surface area (Å²) in [5.74, 6) is 1.84. The molecule has 0 radical (unpaired) electrons. The molecule has 26 heavy (non-hydrogen) atoms. The highest BCUT2D eigenvalue weighted by Gasteiger charge is 2.30. The molecule has 1 aliphatic rings. The monoisotopic (exact) mass is 349 g/mol. The van der Waals surface area contributed by atoms with Crippen LogP contribution in [-0.4, -0.2) is 23.4 Å². The third kappa shape index (κ3) is 4.54. The van der Waals surface area contributed by atoms with Crippen LogP contribution in [0.3, 0.4) is 0 Å². The van der Waals surface area contributed by atoms with Crippen LogP contribution < -0.4 is 4.74 Å². The second kappa shape index (κ2) is 8.70. The summed E-state index contributed by atoms with van der Waals surface area (Å²) >= 11 is 0. The number of carbonyl (C=O) groups is 1. The Balaban J connectivity index is 1.79. The van der Waals surface area contributed by atoms with E-state index in [-0.39, 0.29) is 11.9 Å². The van der Waals surface area contributed by atoms with E-state index < -0.39 is 0 Å². The molecule has 0 spiro atoms. The molecule has 0 aromatic heterocycles. The Morgan fingerprint density at radius 1 is 1.15 bits per heavy atom. The molecule has 3 rings (SSSR count). The summed E-state index contributed by atoms with van der Waals surface area (Å²) in [6.45, 7) is 4.70. The van der Waals surface area contributed by atoms with Gasteiger partial charge < -0.3 is 9.64 Å². The van der Waals surface area contributed by atoms with E-state index >= 15 is 0 Å². The molecular formula is C23H27NO2. The van der Waals surface area contributed by atoms with Crippen molar-refractivity contribution in [3.63, 3.8) is 0 Å². The van der Waals surface area contributed by atoms with Crippen molar-refractivity contribution in [2.24, 2.45) is 0 Å². The van der Waals surface area contributed by atoms with Crippen molar-refractivity contribution in [2.75, 3.05) is 6.54 Å². The normalized spacial score (nSPS) is 18.3. The second-order valence-electron chi connectivity index (χ2n) is 6.83. The molecule has 1 atom stereocenters. The number of hydrogen-bond donors (Lipinski definition) is 0. The van der Waals surface area contributed by atoms with Gasteiger partial charge in [0.25, 0.3) is 0 Å². The number of rotatable bonds is 6. The van der Waals surface area contributed by atoms with Gasteiger partial charge in [0.05, 0.1) is 6.04 Å². The van der Waals surface area contributed by atoms with E-state index in [1.165, 1.54) is 5.57 Å². The van der Waals surface area contributed by atoms with Crippen molar-refractivity contribution in [1.82, 2.24) is 4.90 Å². The molecule has 2 aromatic carbocycles. The van der Waals surface area contributed by atoms with Gasteiger partial charge in [-0.05, 0) is 48.2 Å². The van der Waals surface area contributed by atoms with Crippen LogP contribution in [0.4, 0.5) is 0 Å². The number of likely N-dealkylation sites (tertiary alicyclic amines) is 1. The van der Waals surface area contributed by atoms with Gasteiger partial charge in [-0.3, -0.25) is 4.79 Å². The van der Waals surface area contributed by atoms with Gasteiger partial charge in [-0.25, -0.2) is 0 Å². The fourth-order valence-electron chi connectivity index (χ4n) is 3.56. The van der Waals surface area contributed by atoms with Crippen molar-refractivity contribution in [3.05, 3.63) is 65.7 Å². The van der Waals surface area contributed by atoms with E-state index in [2.05, 4.69) is 25.1 Å². The zero-order chi connectivity index (χ0) is 18.4. The zero-order valence-electron chi connectivity index (χ0n) is 15.7. The minimum Gasteiger partial charge on any atom is -0.457 e. The fourth-order valence-corrected chi connectivity index (χ4v) is 3.56. The molecule has 0 aliphatic carbocycles. The van der Waals surface area contributed by atoms with Crippen molar-refractivity contribution in [3.8, 4) is 11.5 Å². The van der Waals surface area contributed by atoms with Crippen molar-refractivity contribution >= 4 is 12.0 Å². The van der Waals surface area contributed by atoms with E-state index in [1.807, 2.05) is 47.4 Å². The topological polar surface area (TPSA) is 29.5 Å². The summed E-state index contributed by atoms with van der Waals surface area (Å²) in [5.41, 5.74) is 2.48. The number of unbranched alkanes of at least 4 members (excludes halogenated alkanes) is 1. The van der Waals surface area contributed by atoms with E-state index in [4.69, 9.17) is 4.74 Å². The van der Waals surface area contributed by atoms with Crippen LogP contribution in [0.1, 0.15) is 45.1 Å². The van der Waals surface area contributed by atoms with E-state index in [0.29, 0.717) is 0 Å². The Morgan fingerprint density at radius 3 is 2.65 bits per heavy atom. The molecule has 1 aliphatic heterocycles. The van der Waals surface area contributed by atoms with Crippen LogP contribution in [0.5, 0.6) is 11.5 Å². The predicted molar refractivity (Wildman–Crippen MR) is 106 cm³/mol. The van der Waals surface area contributed by atoms with Crippen LogP contribution in [0.25, 0.3) is 6.08 Å². The van der Waals surface area contributed by atoms with Crippen molar-refractivity contribution < 1.29 is 9.53 Å². The first-order valence-corrected chi connectivity index (χ1v) is 9.48. The predicted octanol–water partition coefficient (Wildman–Crippen LogP) is 5.67. The molecule has 0 bridgehead atoms. The van der Waals surface area contributed by atoms with Gasteiger partial charge >= 0.3 is 0 Å². The molecule has 1 amide bonds. The summed E-state index contributed by atoms with van der Waals surface area (Å²) in [4.78, 5) is 14.0. The Labute approximate surface area is 156 Å². The SMILES string of the molecule is CCCCC1C(=Cc2cccc(Oc3ccccc3)c2)CCN1C(C)=O. The highest BCUT2D eigenvalue weighted by Crippen LogP contribution is 2.30. The molecule has 136 valence electrons. The summed E-state index contributed by atoms with van der Waals surface area (Å²) in [6, 6.07) is 18.2. The number of ether oxygens (including phenoxy) is 1. The van der Waals surface area contributed by atoms with Gasteiger partial charge in [-0.15, -0.1) is 0 Å². The highest BCUT2D eigenvalue weighted by molar-refractivity contribution is 5.75. The fraction of sp³-hybridized carbons (Fsp3) is 0.348. The summed E-state index contributed by atoms with van der Waals surface area (Å²) in [5, 5.41) is 0. The van der Waals surface area contributed by atoms with Crippen molar-refractivity contribution in [1.29, 1.82) is 0 Å². The van der Waals surface area contributed by atoms with Crippen LogP contribution in [-0.2, 0) is 4.79 Å². The first kappa shape index (κ1) is 18.2. The Hall–Kier alpha value is -2.55. The number of carbonyl (C=O) groups excluding carboxylic acids is 1. The maximum absolute atomic E-state index is 12.0. The minimum atomic E-state index is 0.177. The molecular weight excluding hydrogens is 322 g/mol. The van der Waals surface area contributed by atoms with Crippen LogP contribution >= 0.6 is 0 Å². The Kier molecular flexibility index (Phi) is 6.11. The molecule has 0 N–H and O–H groups in total. The maximum atomic E-state index is 12.0. The lowest BCUT2D eigenvalue weighted by atomic mass is 9.99. The number of amides is 1. The average Bonchev–Trinajstić information content (AvgIpc) is 3.04. The molecule has 1 fully saturated rings. The second-order valence-corrected chi connectivity index (χ2v) is 6.83. The number of para-hydroxylation sites is 1. The van der Waals surface area contributed by atoms with E-state index in [1.54, 1.807) is 6.92 Å².